The highest BCUT2D eigenvalue weighted by molar-refractivity contribution is 6.21. The van der Waals surface area contributed by atoms with Gasteiger partial charge in [0, 0.05) is 24.7 Å². The number of nitrogens with one attached hydrogen (secondary N) is 1. The fourth-order valence-electron chi connectivity index (χ4n) is 4.00. The molecule has 1 N–H and O–H groups in total. The summed E-state index contributed by atoms with van der Waals surface area (Å²) >= 11 is 0. The first-order valence-corrected chi connectivity index (χ1v) is 10.8. The number of aromatic nitrogens is 1. The lowest BCUT2D eigenvalue weighted by Crippen LogP contribution is -2.31. The lowest BCUT2D eigenvalue weighted by atomic mass is 10.1. The third-order valence-electron chi connectivity index (χ3n) is 5.67. The minimum Gasteiger partial charge on any atom is -0.496 e. The van der Waals surface area contributed by atoms with Gasteiger partial charge in [-0.15, -0.1) is 0 Å². The largest absolute Gasteiger partial charge is 0.496 e. The summed E-state index contributed by atoms with van der Waals surface area (Å²) in [6, 6.07) is 19.4. The first kappa shape index (κ1) is 21.4. The molecule has 170 valence electrons. The van der Waals surface area contributed by atoms with Crippen LogP contribution in [0, 0.1) is 0 Å². The van der Waals surface area contributed by atoms with Gasteiger partial charge in [-0.3, -0.25) is 19.3 Å². The number of nitrogens with zero attached hydrogens (tertiary/aromatic N) is 2. The second kappa shape index (κ2) is 8.82. The summed E-state index contributed by atoms with van der Waals surface area (Å²) in [5.74, 6) is 0.225. The van der Waals surface area contributed by atoms with Crippen LogP contribution < -0.4 is 10.1 Å². The Hall–Kier alpha value is -4.46. The van der Waals surface area contributed by atoms with Gasteiger partial charge >= 0.3 is 0 Å². The number of oxazole rings is 1. The molecule has 1 aliphatic heterocycles. The maximum atomic E-state index is 12.5. The Morgan fingerprint density at radius 2 is 1.65 bits per heavy atom. The number of hydrogen-bond acceptors (Lipinski definition) is 6. The number of imide groups is 1. The van der Waals surface area contributed by atoms with E-state index in [-0.39, 0.29) is 30.7 Å². The topological polar surface area (TPSA) is 102 Å². The number of amides is 3. The lowest BCUT2D eigenvalue weighted by Gasteiger charge is -2.13. The van der Waals surface area contributed by atoms with E-state index in [1.54, 1.807) is 49.6 Å². The number of benzene rings is 3. The predicted octanol–water partition coefficient (Wildman–Crippen LogP) is 4.52. The molecular formula is C26H21N3O5. The summed E-state index contributed by atoms with van der Waals surface area (Å²) in [6.07, 6.45) is 0.522. The fourth-order valence-corrected chi connectivity index (χ4v) is 4.00. The molecule has 0 fully saturated rings. The molecule has 0 unspecified atom stereocenters. The van der Waals surface area contributed by atoms with Gasteiger partial charge in [0.25, 0.3) is 11.8 Å². The average Bonchev–Trinajstić information content (AvgIpc) is 3.38. The van der Waals surface area contributed by atoms with Gasteiger partial charge in [-0.1, -0.05) is 24.3 Å². The second-order valence-corrected chi connectivity index (χ2v) is 7.86. The van der Waals surface area contributed by atoms with E-state index in [0.717, 1.165) is 5.56 Å². The molecule has 5 rings (SSSR count). The zero-order valence-corrected chi connectivity index (χ0v) is 18.4. The Kier molecular flexibility index (Phi) is 5.55. The number of hydrogen-bond donors (Lipinski definition) is 1. The molecule has 0 saturated carbocycles. The van der Waals surface area contributed by atoms with E-state index in [1.807, 2.05) is 24.3 Å². The third kappa shape index (κ3) is 3.90. The Labute approximate surface area is 195 Å². The molecule has 3 aromatic carbocycles. The van der Waals surface area contributed by atoms with Gasteiger partial charge in [-0.2, -0.15) is 0 Å². The zero-order valence-electron chi connectivity index (χ0n) is 18.4. The van der Waals surface area contributed by atoms with E-state index in [9.17, 15) is 14.4 Å². The van der Waals surface area contributed by atoms with Crippen molar-refractivity contribution < 1.29 is 23.5 Å². The maximum Gasteiger partial charge on any atom is 0.261 e. The molecule has 4 aromatic rings. The molecule has 0 spiro atoms. The summed E-state index contributed by atoms with van der Waals surface area (Å²) in [5, 5.41) is 2.83. The number of anilines is 1. The van der Waals surface area contributed by atoms with Crippen molar-refractivity contribution in [3.63, 3.8) is 0 Å². The molecule has 1 aliphatic rings. The van der Waals surface area contributed by atoms with Crippen molar-refractivity contribution >= 4 is 34.5 Å². The number of para-hydroxylation sites is 1. The molecule has 0 atom stereocenters. The van der Waals surface area contributed by atoms with Crippen molar-refractivity contribution in [2.75, 3.05) is 19.0 Å². The van der Waals surface area contributed by atoms with Crippen LogP contribution in [0.5, 0.6) is 5.75 Å². The van der Waals surface area contributed by atoms with Crippen LogP contribution in [0.2, 0.25) is 0 Å². The monoisotopic (exact) mass is 455 g/mol. The van der Waals surface area contributed by atoms with E-state index in [1.165, 1.54) is 4.90 Å². The number of ether oxygens (including phenoxy) is 1. The van der Waals surface area contributed by atoms with Crippen molar-refractivity contribution in [3.8, 4) is 17.2 Å². The van der Waals surface area contributed by atoms with Crippen molar-refractivity contribution in [2.45, 2.75) is 12.8 Å². The Morgan fingerprint density at radius 3 is 2.35 bits per heavy atom. The SMILES string of the molecule is COc1ccccc1-c1nc2ccc(NC(=O)CCCN3C(=O)c4ccccc4C3=O)cc2o1. The average molecular weight is 455 g/mol. The fraction of sp³-hybridized carbons (Fsp3) is 0.154. The molecule has 0 radical (unpaired) electrons. The van der Waals surface area contributed by atoms with Gasteiger partial charge in [0.15, 0.2) is 5.58 Å². The van der Waals surface area contributed by atoms with E-state index in [0.29, 0.717) is 46.0 Å². The molecule has 0 saturated heterocycles. The molecular weight excluding hydrogens is 434 g/mol. The highest BCUT2D eigenvalue weighted by Crippen LogP contribution is 2.32. The Morgan fingerprint density at radius 1 is 0.971 bits per heavy atom. The molecule has 2 heterocycles. The zero-order chi connectivity index (χ0) is 23.7. The van der Waals surface area contributed by atoms with Crippen molar-refractivity contribution in [1.29, 1.82) is 0 Å². The van der Waals surface area contributed by atoms with Crippen LogP contribution in [0.25, 0.3) is 22.6 Å². The normalized spacial score (nSPS) is 12.8. The smallest absolute Gasteiger partial charge is 0.261 e. The van der Waals surface area contributed by atoms with Crippen molar-refractivity contribution in [3.05, 3.63) is 77.9 Å². The quantitative estimate of drug-likeness (QED) is 0.411. The van der Waals surface area contributed by atoms with Crippen LogP contribution in [-0.2, 0) is 4.79 Å². The van der Waals surface area contributed by atoms with Crippen LogP contribution in [0.3, 0.4) is 0 Å². The van der Waals surface area contributed by atoms with Gasteiger partial charge < -0.3 is 14.5 Å². The second-order valence-electron chi connectivity index (χ2n) is 7.86. The number of rotatable bonds is 7. The van der Waals surface area contributed by atoms with E-state index in [4.69, 9.17) is 9.15 Å². The van der Waals surface area contributed by atoms with E-state index >= 15 is 0 Å². The predicted molar refractivity (Wildman–Crippen MR) is 126 cm³/mol. The number of carbonyl (C=O) groups is 3. The van der Waals surface area contributed by atoms with Crippen molar-refractivity contribution in [1.82, 2.24) is 9.88 Å². The summed E-state index contributed by atoms with van der Waals surface area (Å²) in [5.41, 5.74) is 3.31. The van der Waals surface area contributed by atoms with Crippen LogP contribution >= 0.6 is 0 Å². The number of methoxy groups -OCH3 is 1. The highest BCUT2D eigenvalue weighted by atomic mass is 16.5. The minimum atomic E-state index is -0.317. The van der Waals surface area contributed by atoms with E-state index in [2.05, 4.69) is 10.3 Å². The summed E-state index contributed by atoms with van der Waals surface area (Å²) < 4.78 is 11.3. The Bertz CT molecular complexity index is 1390. The van der Waals surface area contributed by atoms with Gasteiger partial charge in [0.05, 0.1) is 23.8 Å². The van der Waals surface area contributed by atoms with Crippen LogP contribution in [0.1, 0.15) is 33.6 Å². The molecule has 3 amide bonds. The van der Waals surface area contributed by atoms with Crippen LogP contribution in [0.15, 0.2) is 71.1 Å². The third-order valence-corrected chi connectivity index (χ3v) is 5.67. The van der Waals surface area contributed by atoms with Gasteiger partial charge in [0.2, 0.25) is 11.8 Å². The number of carbonyl (C=O) groups excluding carboxylic acids is 3. The summed E-state index contributed by atoms with van der Waals surface area (Å²) in [6.45, 7) is 0.184. The lowest BCUT2D eigenvalue weighted by molar-refractivity contribution is -0.116. The van der Waals surface area contributed by atoms with Gasteiger partial charge in [-0.25, -0.2) is 4.98 Å². The first-order valence-electron chi connectivity index (χ1n) is 10.8. The van der Waals surface area contributed by atoms with E-state index < -0.39 is 0 Å². The summed E-state index contributed by atoms with van der Waals surface area (Å²) in [4.78, 5) is 43.0. The standard InChI is InChI=1S/C26H21N3O5/c1-33-21-10-5-4-9-19(21)24-28-20-13-12-16(15-22(20)34-24)27-23(30)11-6-14-29-25(31)17-7-2-3-8-18(17)26(29)32/h2-5,7-10,12-13,15H,6,11,14H2,1H3,(H,27,30). The first-order chi connectivity index (χ1) is 16.5. The van der Waals surface area contributed by atoms with Crippen molar-refractivity contribution in [2.24, 2.45) is 0 Å². The number of fused-ring (bicyclic) bond motifs is 2. The molecule has 0 aliphatic carbocycles. The minimum absolute atomic E-state index is 0.161. The van der Waals surface area contributed by atoms with Crippen LogP contribution in [-0.4, -0.2) is 41.3 Å². The maximum absolute atomic E-state index is 12.5. The molecule has 34 heavy (non-hydrogen) atoms. The Balaban J connectivity index is 1.21. The molecule has 0 bridgehead atoms. The summed E-state index contributed by atoms with van der Waals surface area (Å²) in [7, 11) is 1.59. The van der Waals surface area contributed by atoms with Gasteiger partial charge in [-0.05, 0) is 42.8 Å². The molecule has 8 nitrogen and oxygen atoms in total. The molecule has 1 aromatic heterocycles. The van der Waals surface area contributed by atoms with Crippen LogP contribution in [0.4, 0.5) is 5.69 Å². The highest BCUT2D eigenvalue weighted by Gasteiger charge is 2.34. The van der Waals surface area contributed by atoms with Gasteiger partial charge in [0.1, 0.15) is 11.3 Å². The molecule has 8 heteroatoms.